The van der Waals surface area contributed by atoms with Crippen LogP contribution in [0.5, 0.6) is 11.5 Å². The summed E-state index contributed by atoms with van der Waals surface area (Å²) in [5.41, 5.74) is 7.43. The van der Waals surface area contributed by atoms with Gasteiger partial charge in [-0.05, 0) is 48.2 Å². The number of rotatable bonds is 4. The van der Waals surface area contributed by atoms with E-state index in [9.17, 15) is 0 Å². The van der Waals surface area contributed by atoms with Gasteiger partial charge >= 0.3 is 0 Å². The summed E-state index contributed by atoms with van der Waals surface area (Å²) in [6.45, 7) is 0. The van der Waals surface area contributed by atoms with Crippen LogP contribution in [0.4, 0.5) is 0 Å². The Morgan fingerprint density at radius 3 is 2.47 bits per heavy atom. The molecular formula is C16H19NO2. The van der Waals surface area contributed by atoms with Gasteiger partial charge in [0.1, 0.15) is 11.5 Å². The van der Waals surface area contributed by atoms with Crippen molar-refractivity contribution in [1.29, 1.82) is 0 Å². The average molecular weight is 257 g/mol. The van der Waals surface area contributed by atoms with Crippen LogP contribution in [0, 0.1) is 0 Å². The molecule has 0 atom stereocenters. The smallest absolute Gasteiger partial charge is 0.122 e. The molecule has 2 N–H and O–H groups in total. The van der Waals surface area contributed by atoms with Gasteiger partial charge in [-0.1, -0.05) is 12.1 Å². The van der Waals surface area contributed by atoms with Gasteiger partial charge in [0.05, 0.1) is 14.2 Å². The Morgan fingerprint density at radius 1 is 1.11 bits per heavy atom. The predicted octanol–water partition coefficient (Wildman–Crippen LogP) is 2.89. The molecular weight excluding hydrogens is 238 g/mol. The van der Waals surface area contributed by atoms with E-state index in [1.807, 2.05) is 12.1 Å². The Kier molecular flexibility index (Phi) is 2.86. The van der Waals surface area contributed by atoms with Crippen molar-refractivity contribution in [2.24, 2.45) is 5.73 Å². The normalized spacial score (nSPS) is 16.4. The molecule has 0 heterocycles. The summed E-state index contributed by atoms with van der Waals surface area (Å²) < 4.78 is 10.8. The molecule has 19 heavy (non-hydrogen) atoms. The molecule has 0 amide bonds. The molecule has 1 fully saturated rings. The third kappa shape index (κ3) is 2.26. The zero-order chi connectivity index (χ0) is 13.5. The molecule has 3 heteroatoms. The Labute approximate surface area is 113 Å². The SMILES string of the molecule is COc1ccc2ccc(OC)c(CC3(N)CC3)c2c1. The highest BCUT2D eigenvalue weighted by Crippen LogP contribution is 2.40. The molecule has 0 aliphatic heterocycles. The molecule has 2 aromatic carbocycles. The lowest BCUT2D eigenvalue weighted by atomic mass is 9.96. The zero-order valence-corrected chi connectivity index (χ0v) is 11.4. The van der Waals surface area contributed by atoms with E-state index in [1.165, 1.54) is 16.3 Å². The number of fused-ring (bicyclic) bond motifs is 1. The van der Waals surface area contributed by atoms with Crippen molar-refractivity contribution >= 4 is 10.8 Å². The Morgan fingerprint density at radius 2 is 1.84 bits per heavy atom. The van der Waals surface area contributed by atoms with Crippen molar-refractivity contribution in [1.82, 2.24) is 0 Å². The summed E-state index contributed by atoms with van der Waals surface area (Å²) in [5, 5.41) is 2.37. The van der Waals surface area contributed by atoms with E-state index in [-0.39, 0.29) is 5.54 Å². The van der Waals surface area contributed by atoms with Crippen LogP contribution in [0.2, 0.25) is 0 Å². The first-order chi connectivity index (χ1) is 9.15. The van der Waals surface area contributed by atoms with Gasteiger partial charge in [0.15, 0.2) is 0 Å². The fourth-order valence-corrected chi connectivity index (χ4v) is 2.53. The molecule has 0 unspecified atom stereocenters. The number of methoxy groups -OCH3 is 2. The van der Waals surface area contributed by atoms with E-state index in [2.05, 4.69) is 18.2 Å². The minimum atomic E-state index is -0.0371. The second kappa shape index (κ2) is 4.42. The fraction of sp³-hybridized carbons (Fsp3) is 0.375. The first kappa shape index (κ1) is 12.3. The standard InChI is InChI=1S/C16H19NO2/c1-18-12-5-3-11-4-6-15(19-2)14(13(11)9-12)10-16(17)7-8-16/h3-6,9H,7-8,10,17H2,1-2H3. The summed E-state index contributed by atoms with van der Waals surface area (Å²) in [4.78, 5) is 0. The van der Waals surface area contributed by atoms with E-state index in [4.69, 9.17) is 15.2 Å². The van der Waals surface area contributed by atoms with Crippen LogP contribution in [0.3, 0.4) is 0 Å². The topological polar surface area (TPSA) is 44.5 Å². The minimum Gasteiger partial charge on any atom is -0.497 e. The van der Waals surface area contributed by atoms with Crippen LogP contribution in [0.25, 0.3) is 10.8 Å². The molecule has 0 spiro atoms. The molecule has 1 aliphatic rings. The number of nitrogens with two attached hydrogens (primary N) is 1. The van der Waals surface area contributed by atoms with E-state index in [0.29, 0.717) is 0 Å². The molecule has 0 radical (unpaired) electrons. The Bertz CT molecular complexity index is 612. The Hall–Kier alpha value is -1.74. The molecule has 100 valence electrons. The molecule has 1 aliphatic carbocycles. The second-order valence-electron chi connectivity index (χ2n) is 5.37. The van der Waals surface area contributed by atoms with Crippen LogP contribution in [-0.4, -0.2) is 19.8 Å². The maximum absolute atomic E-state index is 6.28. The highest BCUT2D eigenvalue weighted by molar-refractivity contribution is 5.89. The van der Waals surface area contributed by atoms with Gasteiger partial charge in [-0.3, -0.25) is 0 Å². The Balaban J connectivity index is 2.17. The summed E-state index contributed by atoms with van der Waals surface area (Å²) >= 11 is 0. The minimum absolute atomic E-state index is 0.0371. The van der Waals surface area contributed by atoms with Crippen LogP contribution < -0.4 is 15.2 Å². The molecule has 0 aromatic heterocycles. The molecule has 0 saturated heterocycles. The van der Waals surface area contributed by atoms with Crippen LogP contribution in [0.1, 0.15) is 18.4 Å². The predicted molar refractivity (Wildman–Crippen MR) is 76.9 cm³/mol. The lowest BCUT2D eigenvalue weighted by Gasteiger charge is -2.16. The van der Waals surface area contributed by atoms with Crippen molar-refractivity contribution in [3.05, 3.63) is 35.9 Å². The third-order valence-corrected chi connectivity index (χ3v) is 3.94. The van der Waals surface area contributed by atoms with Gasteiger partial charge < -0.3 is 15.2 Å². The number of ether oxygens (including phenoxy) is 2. The van der Waals surface area contributed by atoms with E-state index in [0.717, 1.165) is 30.8 Å². The fourth-order valence-electron chi connectivity index (χ4n) is 2.53. The second-order valence-corrected chi connectivity index (χ2v) is 5.37. The molecule has 2 aromatic rings. The first-order valence-electron chi connectivity index (χ1n) is 6.58. The average Bonchev–Trinajstić information content (AvgIpc) is 3.16. The largest absolute Gasteiger partial charge is 0.497 e. The lowest BCUT2D eigenvalue weighted by Crippen LogP contribution is -2.24. The maximum Gasteiger partial charge on any atom is 0.122 e. The summed E-state index contributed by atoms with van der Waals surface area (Å²) in [7, 11) is 3.40. The monoisotopic (exact) mass is 257 g/mol. The molecule has 3 nitrogen and oxygen atoms in total. The lowest BCUT2D eigenvalue weighted by molar-refractivity contribution is 0.408. The van der Waals surface area contributed by atoms with Gasteiger partial charge in [-0.25, -0.2) is 0 Å². The summed E-state index contributed by atoms with van der Waals surface area (Å²) in [5.74, 6) is 1.78. The van der Waals surface area contributed by atoms with E-state index < -0.39 is 0 Å². The molecule has 1 saturated carbocycles. The quantitative estimate of drug-likeness (QED) is 0.916. The van der Waals surface area contributed by atoms with Crippen molar-refractivity contribution in [3.63, 3.8) is 0 Å². The third-order valence-electron chi connectivity index (χ3n) is 3.94. The first-order valence-corrected chi connectivity index (χ1v) is 6.58. The molecule has 0 bridgehead atoms. The van der Waals surface area contributed by atoms with Crippen molar-refractivity contribution < 1.29 is 9.47 Å². The van der Waals surface area contributed by atoms with Gasteiger partial charge in [0, 0.05) is 11.1 Å². The number of hydrogen-bond acceptors (Lipinski definition) is 3. The summed E-state index contributed by atoms with van der Waals surface area (Å²) in [6, 6.07) is 10.2. The van der Waals surface area contributed by atoms with Gasteiger partial charge in [-0.2, -0.15) is 0 Å². The van der Waals surface area contributed by atoms with E-state index in [1.54, 1.807) is 14.2 Å². The van der Waals surface area contributed by atoms with Crippen molar-refractivity contribution in [2.75, 3.05) is 14.2 Å². The number of benzene rings is 2. The zero-order valence-electron chi connectivity index (χ0n) is 11.4. The van der Waals surface area contributed by atoms with Gasteiger partial charge in [0.25, 0.3) is 0 Å². The van der Waals surface area contributed by atoms with Crippen molar-refractivity contribution in [2.45, 2.75) is 24.8 Å². The van der Waals surface area contributed by atoms with Crippen LogP contribution >= 0.6 is 0 Å². The van der Waals surface area contributed by atoms with Gasteiger partial charge in [-0.15, -0.1) is 0 Å². The molecule has 3 rings (SSSR count). The van der Waals surface area contributed by atoms with Crippen LogP contribution in [-0.2, 0) is 6.42 Å². The van der Waals surface area contributed by atoms with E-state index >= 15 is 0 Å². The number of hydrogen-bond donors (Lipinski definition) is 1. The summed E-state index contributed by atoms with van der Waals surface area (Å²) in [6.07, 6.45) is 3.05. The van der Waals surface area contributed by atoms with Crippen LogP contribution in [0.15, 0.2) is 30.3 Å². The highest BCUT2D eigenvalue weighted by Gasteiger charge is 2.39. The maximum atomic E-state index is 6.28. The van der Waals surface area contributed by atoms with Crippen molar-refractivity contribution in [3.8, 4) is 11.5 Å². The highest BCUT2D eigenvalue weighted by atomic mass is 16.5. The van der Waals surface area contributed by atoms with Gasteiger partial charge in [0.2, 0.25) is 0 Å².